The first-order valence-electron chi connectivity index (χ1n) is 12.4. The first kappa shape index (κ1) is 24.0. The molecule has 9 nitrogen and oxygen atoms in total. The van der Waals surface area contributed by atoms with Crippen LogP contribution in [0.1, 0.15) is 58.9 Å². The van der Waals surface area contributed by atoms with Crippen molar-refractivity contribution in [3.63, 3.8) is 0 Å². The molecule has 2 aromatic heterocycles. The maximum absolute atomic E-state index is 15.2. The highest BCUT2D eigenvalue weighted by Gasteiger charge is 2.53. The predicted octanol–water partition coefficient (Wildman–Crippen LogP) is 3.01. The van der Waals surface area contributed by atoms with Crippen molar-refractivity contribution in [3.8, 4) is 0 Å². The summed E-state index contributed by atoms with van der Waals surface area (Å²) in [5.74, 6) is -0.729. The molecule has 6 atom stereocenters. The second-order valence-electron chi connectivity index (χ2n) is 10.3. The maximum atomic E-state index is 15.2. The Morgan fingerprint density at radius 3 is 2.81 bits per heavy atom. The SMILES string of the molecule is Cc1c(C(C)n2cc(C(=O)NC3CC(c4cccc(Cl)c4)C3O)nn2)cnc(N2C[C@H]3C[C@H]3C2=O)c1F. The van der Waals surface area contributed by atoms with Crippen LogP contribution in [0.5, 0.6) is 0 Å². The van der Waals surface area contributed by atoms with E-state index in [-0.39, 0.29) is 29.3 Å². The molecule has 3 aliphatic rings. The minimum atomic E-state index is -0.736. The Morgan fingerprint density at radius 2 is 2.11 bits per heavy atom. The number of hydrogen-bond acceptors (Lipinski definition) is 6. The summed E-state index contributed by atoms with van der Waals surface area (Å²) >= 11 is 6.05. The molecule has 3 heterocycles. The van der Waals surface area contributed by atoms with Crippen LogP contribution in [0, 0.1) is 24.6 Å². The van der Waals surface area contributed by atoms with Gasteiger partial charge in [0.2, 0.25) is 5.91 Å². The minimum Gasteiger partial charge on any atom is -0.390 e. The van der Waals surface area contributed by atoms with E-state index in [0.29, 0.717) is 35.0 Å². The molecule has 3 fully saturated rings. The molecule has 1 aromatic carbocycles. The van der Waals surface area contributed by atoms with Crippen molar-refractivity contribution >= 4 is 29.2 Å². The van der Waals surface area contributed by atoms with Crippen LogP contribution in [-0.4, -0.2) is 55.6 Å². The smallest absolute Gasteiger partial charge is 0.273 e. The van der Waals surface area contributed by atoms with E-state index in [1.165, 1.54) is 15.8 Å². The van der Waals surface area contributed by atoms with Gasteiger partial charge in [-0.25, -0.2) is 14.1 Å². The van der Waals surface area contributed by atoms with Gasteiger partial charge in [0.05, 0.1) is 24.4 Å². The summed E-state index contributed by atoms with van der Waals surface area (Å²) in [4.78, 5) is 30.9. The number of carbonyl (C=O) groups excluding carboxylic acids is 2. The number of aromatic nitrogens is 4. The second kappa shape index (κ2) is 8.88. The fourth-order valence-electron chi connectivity index (χ4n) is 5.46. The third-order valence-corrected chi connectivity index (χ3v) is 8.21. The van der Waals surface area contributed by atoms with Crippen molar-refractivity contribution in [2.75, 3.05) is 11.4 Å². The van der Waals surface area contributed by atoms with Gasteiger partial charge in [0.1, 0.15) is 0 Å². The molecule has 1 saturated heterocycles. The number of rotatable bonds is 6. The lowest BCUT2D eigenvalue weighted by atomic mass is 9.73. The zero-order valence-corrected chi connectivity index (χ0v) is 21.1. The minimum absolute atomic E-state index is 0.0172. The summed E-state index contributed by atoms with van der Waals surface area (Å²) in [6.07, 6.45) is 3.77. The molecule has 4 unspecified atom stereocenters. The number of nitrogens with one attached hydrogen (secondary N) is 1. The van der Waals surface area contributed by atoms with E-state index in [0.717, 1.165) is 12.0 Å². The number of aliphatic hydroxyl groups excluding tert-OH is 1. The van der Waals surface area contributed by atoms with Crippen LogP contribution >= 0.6 is 11.6 Å². The Labute approximate surface area is 217 Å². The molecule has 2 saturated carbocycles. The van der Waals surface area contributed by atoms with Crippen molar-refractivity contribution in [3.05, 3.63) is 69.9 Å². The van der Waals surface area contributed by atoms with E-state index in [4.69, 9.17) is 11.6 Å². The van der Waals surface area contributed by atoms with E-state index in [1.807, 2.05) is 18.2 Å². The molecular formula is C26H26ClFN6O3. The fourth-order valence-corrected chi connectivity index (χ4v) is 5.66. The lowest BCUT2D eigenvalue weighted by Crippen LogP contribution is -2.55. The van der Waals surface area contributed by atoms with Gasteiger partial charge >= 0.3 is 0 Å². The van der Waals surface area contributed by atoms with Crippen LogP contribution in [0.25, 0.3) is 0 Å². The van der Waals surface area contributed by atoms with Gasteiger partial charge in [-0.3, -0.25) is 14.5 Å². The lowest BCUT2D eigenvalue weighted by Gasteiger charge is -2.41. The van der Waals surface area contributed by atoms with Gasteiger partial charge in [0.25, 0.3) is 5.91 Å². The summed E-state index contributed by atoms with van der Waals surface area (Å²) in [7, 11) is 0. The summed E-state index contributed by atoms with van der Waals surface area (Å²) in [6.45, 7) is 3.96. The van der Waals surface area contributed by atoms with E-state index in [1.54, 1.807) is 26.1 Å². The van der Waals surface area contributed by atoms with Gasteiger partial charge in [0.15, 0.2) is 17.3 Å². The number of anilines is 1. The largest absolute Gasteiger partial charge is 0.390 e. The number of aliphatic hydroxyl groups is 1. The van der Waals surface area contributed by atoms with Crippen molar-refractivity contribution in [2.24, 2.45) is 11.8 Å². The number of hydrogen-bond donors (Lipinski definition) is 2. The van der Waals surface area contributed by atoms with E-state index < -0.39 is 29.9 Å². The molecule has 37 heavy (non-hydrogen) atoms. The third kappa shape index (κ3) is 4.08. The second-order valence-corrected chi connectivity index (χ2v) is 10.7. The number of pyridine rings is 1. The Morgan fingerprint density at radius 1 is 1.30 bits per heavy atom. The van der Waals surface area contributed by atoms with Crippen molar-refractivity contribution < 1.29 is 19.1 Å². The number of halogens is 2. The molecule has 0 spiro atoms. The van der Waals surface area contributed by atoms with Crippen LogP contribution in [-0.2, 0) is 4.79 Å². The molecule has 0 bridgehead atoms. The molecule has 1 aliphatic heterocycles. The number of piperidine rings is 1. The molecule has 2 amide bonds. The van der Waals surface area contributed by atoms with Gasteiger partial charge in [-0.15, -0.1) is 5.10 Å². The average Bonchev–Trinajstić information content (AvgIpc) is 3.34. The summed E-state index contributed by atoms with van der Waals surface area (Å²) < 4.78 is 16.7. The van der Waals surface area contributed by atoms with E-state index in [9.17, 15) is 14.7 Å². The van der Waals surface area contributed by atoms with Crippen molar-refractivity contribution in [1.29, 1.82) is 0 Å². The van der Waals surface area contributed by atoms with E-state index >= 15 is 4.39 Å². The average molecular weight is 525 g/mol. The van der Waals surface area contributed by atoms with Crippen molar-refractivity contribution in [2.45, 2.75) is 50.8 Å². The standard InChI is InChI=1S/C26H26ClFN6O3/c1-12-19(9-29-24(22(12)28)33-10-15-7-18(15)26(33)37)13(2)34-11-21(31-32-34)25(36)30-20-8-17(23(20)35)14-4-3-5-16(27)6-14/h3-6,9,11,13,15,17-18,20,23,35H,7-8,10H2,1-2H3,(H,30,36)/t13?,15-,17?,18-,20?,23?/m1/s1. The molecule has 0 radical (unpaired) electrons. The zero-order chi connectivity index (χ0) is 26.0. The van der Waals surface area contributed by atoms with Crippen molar-refractivity contribution in [1.82, 2.24) is 25.3 Å². The zero-order valence-electron chi connectivity index (χ0n) is 20.3. The Balaban J connectivity index is 1.12. The van der Waals surface area contributed by atoms with Crippen LogP contribution < -0.4 is 10.2 Å². The van der Waals surface area contributed by atoms with Crippen LogP contribution in [0.4, 0.5) is 10.2 Å². The summed E-state index contributed by atoms with van der Waals surface area (Å²) in [5, 5.41) is 22.0. The molecule has 6 rings (SSSR count). The Kier molecular flexibility index (Phi) is 5.76. The van der Waals surface area contributed by atoms with Crippen LogP contribution in [0.15, 0.2) is 36.7 Å². The first-order valence-corrected chi connectivity index (χ1v) is 12.7. The first-order chi connectivity index (χ1) is 17.7. The van der Waals surface area contributed by atoms with Gasteiger partial charge in [0, 0.05) is 35.2 Å². The van der Waals surface area contributed by atoms with Crippen LogP contribution in [0.2, 0.25) is 5.02 Å². The molecule has 2 N–H and O–H groups in total. The molecular weight excluding hydrogens is 499 g/mol. The maximum Gasteiger partial charge on any atom is 0.273 e. The fraction of sp³-hybridized carbons (Fsp3) is 0.423. The molecule has 192 valence electrons. The van der Waals surface area contributed by atoms with Gasteiger partial charge in [-0.05, 0) is 55.9 Å². The topological polar surface area (TPSA) is 113 Å². The predicted molar refractivity (Wildman–Crippen MR) is 133 cm³/mol. The summed E-state index contributed by atoms with van der Waals surface area (Å²) in [5.41, 5.74) is 1.97. The number of benzene rings is 1. The Bertz CT molecular complexity index is 1410. The van der Waals surface area contributed by atoms with Gasteiger partial charge in [-0.2, -0.15) is 0 Å². The number of carbonyl (C=O) groups is 2. The quantitative estimate of drug-likeness (QED) is 0.512. The molecule has 3 aromatic rings. The number of amides is 2. The summed E-state index contributed by atoms with van der Waals surface area (Å²) in [6, 6.07) is 6.47. The highest BCUT2D eigenvalue weighted by atomic mass is 35.5. The highest BCUT2D eigenvalue weighted by Crippen LogP contribution is 2.47. The monoisotopic (exact) mass is 524 g/mol. The Hall–Kier alpha value is -3.37. The number of nitrogens with zero attached hydrogens (tertiary/aromatic N) is 5. The van der Waals surface area contributed by atoms with Gasteiger partial charge in [-0.1, -0.05) is 28.9 Å². The third-order valence-electron chi connectivity index (χ3n) is 7.98. The molecule has 2 aliphatic carbocycles. The number of fused-ring (bicyclic) bond motifs is 1. The lowest BCUT2D eigenvalue weighted by molar-refractivity contribution is -0.118. The van der Waals surface area contributed by atoms with E-state index in [2.05, 4.69) is 20.6 Å². The normalized spacial score (nSPS) is 27.0. The molecule has 11 heteroatoms. The van der Waals surface area contributed by atoms with Crippen LogP contribution in [0.3, 0.4) is 0 Å². The van der Waals surface area contributed by atoms with Gasteiger partial charge < -0.3 is 10.4 Å². The highest BCUT2D eigenvalue weighted by molar-refractivity contribution is 6.30.